The van der Waals surface area contributed by atoms with Crippen LogP contribution in [0.3, 0.4) is 0 Å². The maximum Gasteiger partial charge on any atom is 0.163 e. The van der Waals surface area contributed by atoms with Gasteiger partial charge in [-0.3, -0.25) is 0 Å². The normalized spacial score (nSPS) is 10.7. The molecule has 26 heavy (non-hydrogen) atoms. The maximum atomic E-state index is 13.0. The molecule has 0 saturated carbocycles. The van der Waals surface area contributed by atoms with Crippen molar-refractivity contribution in [2.45, 2.75) is 9.79 Å². The van der Waals surface area contributed by atoms with Gasteiger partial charge in [-0.15, -0.1) is 0 Å². The summed E-state index contributed by atoms with van der Waals surface area (Å²) in [4.78, 5) is 15.2. The Morgan fingerprint density at radius 1 is 0.615 bits per heavy atom. The predicted octanol–water partition coefficient (Wildman–Crippen LogP) is 5.50. The number of benzene rings is 3. The van der Waals surface area contributed by atoms with Crippen molar-refractivity contribution in [3.63, 3.8) is 0 Å². The van der Waals surface area contributed by atoms with Gasteiger partial charge in [0.25, 0.3) is 0 Å². The highest BCUT2D eigenvalue weighted by molar-refractivity contribution is 7.99. The minimum Gasteiger partial charge on any atom is -0.217 e. The van der Waals surface area contributed by atoms with Crippen molar-refractivity contribution in [2.75, 3.05) is 0 Å². The molecule has 4 rings (SSSR count). The van der Waals surface area contributed by atoms with E-state index in [0.29, 0.717) is 11.6 Å². The molecule has 0 bridgehead atoms. The van der Waals surface area contributed by atoms with Crippen LogP contribution in [0.25, 0.3) is 22.8 Å². The molecule has 3 aromatic carbocycles. The lowest BCUT2D eigenvalue weighted by Crippen LogP contribution is -1.94. The fraction of sp³-hybridized carbons (Fsp3) is 0. The van der Waals surface area contributed by atoms with Crippen molar-refractivity contribution in [2.24, 2.45) is 0 Å². The summed E-state index contributed by atoms with van der Waals surface area (Å²) in [5.74, 6) is 1.06. The molecule has 0 fully saturated rings. The van der Waals surface area contributed by atoms with Gasteiger partial charge in [0.05, 0.1) is 0 Å². The van der Waals surface area contributed by atoms with E-state index in [0.717, 1.165) is 20.9 Å². The molecule has 0 N–H and O–H groups in total. The van der Waals surface area contributed by atoms with Gasteiger partial charge in [0, 0.05) is 20.9 Å². The van der Waals surface area contributed by atoms with E-state index in [1.807, 2.05) is 54.6 Å². The van der Waals surface area contributed by atoms with E-state index in [9.17, 15) is 4.39 Å². The van der Waals surface area contributed by atoms with Gasteiger partial charge in [-0.25, -0.2) is 19.3 Å². The van der Waals surface area contributed by atoms with Crippen molar-refractivity contribution in [1.82, 2.24) is 15.0 Å². The Hall–Kier alpha value is -3.05. The third kappa shape index (κ3) is 3.78. The smallest absolute Gasteiger partial charge is 0.163 e. The van der Waals surface area contributed by atoms with Crippen molar-refractivity contribution in [1.29, 1.82) is 0 Å². The molecule has 1 aromatic heterocycles. The van der Waals surface area contributed by atoms with Gasteiger partial charge >= 0.3 is 0 Å². The molecule has 4 aromatic rings. The molecule has 0 unspecified atom stereocenters. The molecule has 0 radical (unpaired) electrons. The Morgan fingerprint density at radius 3 is 1.77 bits per heavy atom. The Labute approximate surface area is 155 Å². The van der Waals surface area contributed by atoms with Crippen LogP contribution in [-0.4, -0.2) is 15.0 Å². The van der Waals surface area contributed by atoms with E-state index in [-0.39, 0.29) is 5.82 Å². The standard InChI is InChI=1S/C21H14FN3S/c22-17-8-12-19(13-9-17)26-18-10-6-16(7-11-18)21-24-14-23-20(25-21)15-4-2-1-3-5-15/h1-14H. The summed E-state index contributed by atoms with van der Waals surface area (Å²) in [7, 11) is 0. The first-order valence-corrected chi connectivity index (χ1v) is 8.88. The molecular formula is C21H14FN3S. The molecule has 1 heterocycles. The second-order valence-electron chi connectivity index (χ2n) is 5.58. The zero-order valence-corrected chi connectivity index (χ0v) is 14.5. The van der Waals surface area contributed by atoms with Crippen LogP contribution in [0.2, 0.25) is 0 Å². The lowest BCUT2D eigenvalue weighted by atomic mass is 10.2. The SMILES string of the molecule is Fc1ccc(Sc2ccc(-c3ncnc(-c4ccccc4)n3)cc2)cc1. The monoisotopic (exact) mass is 359 g/mol. The molecule has 0 aliphatic carbocycles. The van der Waals surface area contributed by atoms with Gasteiger partial charge < -0.3 is 0 Å². The average Bonchev–Trinajstić information content (AvgIpc) is 2.71. The second kappa shape index (κ2) is 7.45. The first-order valence-electron chi connectivity index (χ1n) is 8.06. The van der Waals surface area contributed by atoms with Crippen LogP contribution in [0.15, 0.2) is 95.0 Å². The lowest BCUT2D eigenvalue weighted by Gasteiger charge is -2.05. The maximum absolute atomic E-state index is 13.0. The highest BCUT2D eigenvalue weighted by Gasteiger charge is 2.06. The van der Waals surface area contributed by atoms with Crippen LogP contribution in [0.4, 0.5) is 4.39 Å². The fourth-order valence-corrected chi connectivity index (χ4v) is 3.29. The summed E-state index contributed by atoms with van der Waals surface area (Å²) in [5, 5.41) is 0. The zero-order chi connectivity index (χ0) is 17.8. The van der Waals surface area contributed by atoms with E-state index in [1.54, 1.807) is 23.9 Å². The molecule has 3 nitrogen and oxygen atoms in total. The highest BCUT2D eigenvalue weighted by atomic mass is 32.2. The molecule has 0 saturated heterocycles. The van der Waals surface area contributed by atoms with E-state index in [2.05, 4.69) is 15.0 Å². The van der Waals surface area contributed by atoms with Crippen molar-refractivity contribution in [3.8, 4) is 22.8 Å². The van der Waals surface area contributed by atoms with Crippen molar-refractivity contribution < 1.29 is 4.39 Å². The predicted molar refractivity (Wildman–Crippen MR) is 101 cm³/mol. The highest BCUT2D eigenvalue weighted by Crippen LogP contribution is 2.29. The Morgan fingerprint density at radius 2 is 1.15 bits per heavy atom. The molecular weight excluding hydrogens is 345 g/mol. The van der Waals surface area contributed by atoms with Crippen LogP contribution in [0.5, 0.6) is 0 Å². The van der Waals surface area contributed by atoms with Crippen LogP contribution in [0.1, 0.15) is 0 Å². The van der Waals surface area contributed by atoms with Crippen LogP contribution in [-0.2, 0) is 0 Å². The van der Waals surface area contributed by atoms with Crippen molar-refractivity contribution in [3.05, 3.63) is 91.0 Å². The van der Waals surface area contributed by atoms with E-state index >= 15 is 0 Å². The number of hydrogen-bond acceptors (Lipinski definition) is 4. The minimum atomic E-state index is -0.228. The number of aromatic nitrogens is 3. The van der Waals surface area contributed by atoms with Gasteiger partial charge in [0.2, 0.25) is 0 Å². The summed E-state index contributed by atoms with van der Waals surface area (Å²) in [5.41, 5.74) is 1.88. The quantitative estimate of drug-likeness (QED) is 0.482. The first kappa shape index (κ1) is 16.4. The van der Waals surface area contributed by atoms with Gasteiger partial charge in [-0.1, -0.05) is 54.2 Å². The number of halogens is 1. The minimum absolute atomic E-state index is 0.228. The van der Waals surface area contributed by atoms with Crippen molar-refractivity contribution >= 4 is 11.8 Å². The van der Waals surface area contributed by atoms with Crippen LogP contribution < -0.4 is 0 Å². The zero-order valence-electron chi connectivity index (χ0n) is 13.7. The second-order valence-corrected chi connectivity index (χ2v) is 6.73. The average molecular weight is 359 g/mol. The summed E-state index contributed by atoms with van der Waals surface area (Å²) in [6, 6.07) is 24.3. The Kier molecular flexibility index (Phi) is 4.71. The van der Waals surface area contributed by atoms with Crippen LogP contribution >= 0.6 is 11.8 Å². The largest absolute Gasteiger partial charge is 0.217 e. The topological polar surface area (TPSA) is 38.7 Å². The summed E-state index contributed by atoms with van der Waals surface area (Å²) >= 11 is 1.58. The first-order chi connectivity index (χ1) is 12.8. The van der Waals surface area contributed by atoms with E-state index in [1.165, 1.54) is 18.5 Å². The molecule has 5 heteroatoms. The summed E-state index contributed by atoms with van der Waals surface area (Å²) in [6.07, 6.45) is 1.53. The molecule has 0 spiro atoms. The molecule has 126 valence electrons. The molecule has 0 aliphatic rings. The van der Waals surface area contributed by atoms with Gasteiger partial charge in [-0.05, 0) is 36.4 Å². The molecule has 0 aliphatic heterocycles. The Bertz CT molecular complexity index is 1000. The number of rotatable bonds is 4. The number of nitrogens with zero attached hydrogens (tertiary/aromatic N) is 3. The third-order valence-electron chi connectivity index (χ3n) is 3.77. The van der Waals surface area contributed by atoms with Gasteiger partial charge in [0.15, 0.2) is 11.6 Å². The van der Waals surface area contributed by atoms with E-state index < -0.39 is 0 Å². The van der Waals surface area contributed by atoms with Gasteiger partial charge in [0.1, 0.15) is 12.1 Å². The van der Waals surface area contributed by atoms with E-state index in [4.69, 9.17) is 0 Å². The number of hydrogen-bond donors (Lipinski definition) is 0. The lowest BCUT2D eigenvalue weighted by molar-refractivity contribution is 0.626. The summed E-state index contributed by atoms with van der Waals surface area (Å²) < 4.78 is 13.0. The Balaban J connectivity index is 1.56. The molecule has 0 amide bonds. The van der Waals surface area contributed by atoms with Gasteiger partial charge in [-0.2, -0.15) is 0 Å². The summed E-state index contributed by atoms with van der Waals surface area (Å²) in [6.45, 7) is 0. The molecule has 0 atom stereocenters. The fourth-order valence-electron chi connectivity index (χ4n) is 2.47. The third-order valence-corrected chi connectivity index (χ3v) is 4.78. The van der Waals surface area contributed by atoms with Crippen LogP contribution in [0, 0.1) is 5.82 Å².